The zero-order valence-corrected chi connectivity index (χ0v) is 14.4. The summed E-state index contributed by atoms with van der Waals surface area (Å²) in [5.41, 5.74) is 7.77. The summed E-state index contributed by atoms with van der Waals surface area (Å²) in [5, 5.41) is 9.81. The number of fused-ring (bicyclic) bond motifs is 1. The molecule has 136 valence electrons. The van der Waals surface area contributed by atoms with Gasteiger partial charge in [0.1, 0.15) is 17.6 Å². The van der Waals surface area contributed by atoms with Crippen LogP contribution in [0.2, 0.25) is 0 Å². The molecule has 1 aliphatic carbocycles. The SMILES string of the molecule is Nc1cn(C2CCCCO2)nc1-c1cc2c(cn1)cnn2CC1(F)CC1. The Labute approximate surface area is 149 Å². The van der Waals surface area contributed by atoms with E-state index >= 15 is 0 Å². The number of hydrogen-bond acceptors (Lipinski definition) is 5. The summed E-state index contributed by atoms with van der Waals surface area (Å²) in [7, 11) is 0. The molecular weight excluding hydrogens is 335 g/mol. The smallest absolute Gasteiger partial charge is 0.150 e. The summed E-state index contributed by atoms with van der Waals surface area (Å²) < 4.78 is 23.4. The van der Waals surface area contributed by atoms with Crippen molar-refractivity contribution >= 4 is 16.6 Å². The highest BCUT2D eigenvalue weighted by Crippen LogP contribution is 2.41. The lowest BCUT2D eigenvalue weighted by molar-refractivity contribution is -0.0393. The zero-order chi connectivity index (χ0) is 17.7. The molecular formula is C18H21FN6O. The van der Waals surface area contributed by atoms with Gasteiger partial charge in [-0.25, -0.2) is 9.07 Å². The molecule has 1 aliphatic heterocycles. The van der Waals surface area contributed by atoms with Crippen molar-refractivity contribution in [2.75, 3.05) is 12.3 Å². The second-order valence-corrected chi connectivity index (χ2v) is 7.32. The van der Waals surface area contributed by atoms with Crippen LogP contribution >= 0.6 is 0 Å². The van der Waals surface area contributed by atoms with Crippen molar-refractivity contribution < 1.29 is 9.13 Å². The molecule has 7 nitrogen and oxygen atoms in total. The first-order chi connectivity index (χ1) is 12.6. The Kier molecular flexibility index (Phi) is 3.49. The molecule has 1 atom stereocenters. The summed E-state index contributed by atoms with van der Waals surface area (Å²) in [4.78, 5) is 4.48. The first kappa shape index (κ1) is 15.7. The molecule has 0 amide bonds. The third kappa shape index (κ3) is 2.74. The van der Waals surface area contributed by atoms with Gasteiger partial charge in [0.2, 0.25) is 0 Å². The van der Waals surface area contributed by atoms with E-state index in [4.69, 9.17) is 10.5 Å². The molecule has 5 rings (SSSR count). The number of rotatable bonds is 4. The fraction of sp³-hybridized carbons (Fsp3) is 0.500. The fourth-order valence-electron chi connectivity index (χ4n) is 3.47. The highest BCUT2D eigenvalue weighted by Gasteiger charge is 2.44. The first-order valence-corrected chi connectivity index (χ1v) is 9.08. The minimum Gasteiger partial charge on any atom is -0.396 e. The van der Waals surface area contributed by atoms with Gasteiger partial charge in [-0.1, -0.05) is 0 Å². The number of halogens is 1. The van der Waals surface area contributed by atoms with Gasteiger partial charge in [-0.15, -0.1) is 0 Å². The van der Waals surface area contributed by atoms with Crippen molar-refractivity contribution in [1.82, 2.24) is 24.5 Å². The van der Waals surface area contributed by atoms with E-state index in [0.717, 1.165) is 36.8 Å². The molecule has 0 aromatic carbocycles. The van der Waals surface area contributed by atoms with Crippen molar-refractivity contribution in [2.45, 2.75) is 50.5 Å². The maximum atomic E-state index is 14.2. The average molecular weight is 356 g/mol. The van der Waals surface area contributed by atoms with Crippen molar-refractivity contribution in [2.24, 2.45) is 0 Å². The molecule has 2 fully saturated rings. The molecule has 2 aliphatic rings. The Bertz CT molecular complexity index is 954. The predicted octanol–water partition coefficient (Wildman–Crippen LogP) is 3.08. The van der Waals surface area contributed by atoms with E-state index < -0.39 is 5.67 Å². The van der Waals surface area contributed by atoms with Gasteiger partial charge in [0, 0.05) is 18.2 Å². The number of pyridine rings is 1. The molecule has 1 unspecified atom stereocenters. The van der Waals surface area contributed by atoms with Crippen LogP contribution in [0.4, 0.5) is 10.1 Å². The number of nitrogens with two attached hydrogens (primary N) is 1. The largest absolute Gasteiger partial charge is 0.396 e. The van der Waals surface area contributed by atoms with Gasteiger partial charge in [-0.2, -0.15) is 10.2 Å². The third-order valence-corrected chi connectivity index (χ3v) is 5.21. The van der Waals surface area contributed by atoms with Crippen LogP contribution in [-0.4, -0.2) is 36.8 Å². The number of alkyl halides is 1. The minimum absolute atomic E-state index is 0.0738. The van der Waals surface area contributed by atoms with Gasteiger partial charge in [0.05, 0.1) is 35.8 Å². The Morgan fingerprint density at radius 3 is 2.96 bits per heavy atom. The van der Waals surface area contributed by atoms with Crippen LogP contribution < -0.4 is 5.73 Å². The lowest BCUT2D eigenvalue weighted by atomic mass is 10.2. The van der Waals surface area contributed by atoms with E-state index in [1.54, 1.807) is 28.0 Å². The summed E-state index contributed by atoms with van der Waals surface area (Å²) >= 11 is 0. The van der Waals surface area contributed by atoms with Gasteiger partial charge < -0.3 is 10.5 Å². The number of nitrogen functional groups attached to an aromatic ring is 1. The quantitative estimate of drug-likeness (QED) is 0.777. The van der Waals surface area contributed by atoms with Gasteiger partial charge in [0.15, 0.2) is 0 Å². The summed E-state index contributed by atoms with van der Waals surface area (Å²) in [5.74, 6) is 0. The lowest BCUT2D eigenvalue weighted by Gasteiger charge is -2.22. The summed E-state index contributed by atoms with van der Waals surface area (Å²) in [6.07, 6.45) is 9.52. The van der Waals surface area contributed by atoms with Crippen LogP contribution in [0.3, 0.4) is 0 Å². The zero-order valence-electron chi connectivity index (χ0n) is 14.4. The Balaban J connectivity index is 1.50. The van der Waals surface area contributed by atoms with Gasteiger partial charge in [0.25, 0.3) is 0 Å². The first-order valence-electron chi connectivity index (χ1n) is 9.08. The maximum Gasteiger partial charge on any atom is 0.150 e. The monoisotopic (exact) mass is 356 g/mol. The van der Waals surface area contributed by atoms with Crippen LogP contribution in [0.5, 0.6) is 0 Å². The van der Waals surface area contributed by atoms with E-state index in [1.165, 1.54) is 0 Å². The average Bonchev–Trinajstić information content (AvgIpc) is 3.07. The van der Waals surface area contributed by atoms with E-state index in [0.29, 0.717) is 29.9 Å². The normalized spacial score (nSPS) is 22.0. The van der Waals surface area contributed by atoms with Crippen molar-refractivity contribution in [3.05, 3.63) is 24.7 Å². The van der Waals surface area contributed by atoms with Gasteiger partial charge in [-0.3, -0.25) is 9.67 Å². The van der Waals surface area contributed by atoms with Crippen LogP contribution in [0.1, 0.15) is 38.3 Å². The summed E-state index contributed by atoms with van der Waals surface area (Å²) in [6.45, 7) is 1.02. The van der Waals surface area contributed by atoms with E-state index in [-0.39, 0.29) is 12.8 Å². The second-order valence-electron chi connectivity index (χ2n) is 7.32. The maximum absolute atomic E-state index is 14.2. The number of ether oxygens (including phenoxy) is 1. The molecule has 3 aromatic rings. The highest BCUT2D eigenvalue weighted by molar-refractivity contribution is 5.83. The van der Waals surface area contributed by atoms with Gasteiger partial charge >= 0.3 is 0 Å². The topological polar surface area (TPSA) is 83.8 Å². The number of aromatic nitrogens is 5. The molecule has 3 aromatic heterocycles. The summed E-state index contributed by atoms with van der Waals surface area (Å²) in [6, 6.07) is 1.89. The number of anilines is 1. The molecule has 4 heterocycles. The predicted molar refractivity (Wildman–Crippen MR) is 95.1 cm³/mol. The van der Waals surface area contributed by atoms with Crippen LogP contribution in [0.25, 0.3) is 22.3 Å². The molecule has 8 heteroatoms. The Hall–Kier alpha value is -2.48. The Morgan fingerprint density at radius 2 is 2.19 bits per heavy atom. The van der Waals surface area contributed by atoms with Crippen molar-refractivity contribution in [3.63, 3.8) is 0 Å². The fourth-order valence-corrected chi connectivity index (χ4v) is 3.47. The standard InChI is InChI=1S/C18H21FN6O/c19-18(4-5-18)11-25-15-7-14(21-8-12(15)9-22-25)17-13(20)10-24(23-17)16-3-1-2-6-26-16/h7-10,16H,1-6,11,20H2. The van der Waals surface area contributed by atoms with Crippen LogP contribution in [0.15, 0.2) is 24.7 Å². The van der Waals surface area contributed by atoms with E-state index in [2.05, 4.69) is 15.2 Å². The molecule has 26 heavy (non-hydrogen) atoms. The number of nitrogens with zero attached hydrogens (tertiary/aromatic N) is 5. The van der Waals surface area contributed by atoms with Crippen LogP contribution in [0, 0.1) is 0 Å². The highest BCUT2D eigenvalue weighted by atomic mass is 19.1. The van der Waals surface area contributed by atoms with Gasteiger partial charge in [-0.05, 0) is 38.2 Å². The molecule has 0 spiro atoms. The Morgan fingerprint density at radius 1 is 1.31 bits per heavy atom. The molecule has 1 saturated heterocycles. The van der Waals surface area contributed by atoms with E-state index in [1.807, 2.05) is 6.07 Å². The third-order valence-electron chi connectivity index (χ3n) is 5.21. The molecule has 2 N–H and O–H groups in total. The van der Waals surface area contributed by atoms with E-state index in [9.17, 15) is 4.39 Å². The van der Waals surface area contributed by atoms with Crippen molar-refractivity contribution in [1.29, 1.82) is 0 Å². The van der Waals surface area contributed by atoms with Crippen LogP contribution in [-0.2, 0) is 11.3 Å². The second kappa shape index (κ2) is 5.77. The number of hydrogen-bond donors (Lipinski definition) is 1. The molecule has 1 saturated carbocycles. The lowest BCUT2D eigenvalue weighted by Crippen LogP contribution is -2.18. The van der Waals surface area contributed by atoms with Crippen molar-refractivity contribution in [3.8, 4) is 11.4 Å². The molecule has 0 bridgehead atoms. The molecule has 0 radical (unpaired) electrons. The minimum atomic E-state index is -1.11.